The number of anilines is 2. The first-order chi connectivity index (χ1) is 13.2. The molecule has 2 aromatic rings. The lowest BCUT2D eigenvalue weighted by atomic mass is 9.95. The molecule has 0 fully saturated rings. The molecular formula is C23H30N2O3. The number of aryl methyl sites for hydroxylation is 1. The van der Waals surface area contributed by atoms with E-state index in [4.69, 9.17) is 4.74 Å². The summed E-state index contributed by atoms with van der Waals surface area (Å²) in [5, 5.41) is 5.75. The summed E-state index contributed by atoms with van der Waals surface area (Å²) in [5.41, 5.74) is 2.04. The monoisotopic (exact) mass is 382 g/mol. The van der Waals surface area contributed by atoms with Crippen LogP contribution in [0.25, 0.3) is 0 Å². The van der Waals surface area contributed by atoms with Crippen molar-refractivity contribution in [2.24, 2.45) is 5.41 Å². The molecule has 2 amide bonds. The molecule has 2 aromatic carbocycles. The van der Waals surface area contributed by atoms with Crippen LogP contribution in [0.3, 0.4) is 0 Å². The van der Waals surface area contributed by atoms with E-state index in [1.807, 2.05) is 70.2 Å². The van der Waals surface area contributed by atoms with Gasteiger partial charge in [0.25, 0.3) is 0 Å². The Labute approximate surface area is 167 Å². The van der Waals surface area contributed by atoms with Crippen molar-refractivity contribution in [2.75, 3.05) is 17.2 Å². The normalized spacial score (nSPS) is 11.0. The second-order valence-corrected chi connectivity index (χ2v) is 7.96. The second kappa shape index (κ2) is 9.93. The Hall–Kier alpha value is -2.82. The Balaban J connectivity index is 1.72. The molecule has 0 saturated carbocycles. The van der Waals surface area contributed by atoms with E-state index in [1.165, 1.54) is 0 Å². The first-order valence-corrected chi connectivity index (χ1v) is 9.65. The highest BCUT2D eigenvalue weighted by Gasteiger charge is 2.21. The Morgan fingerprint density at radius 3 is 2.29 bits per heavy atom. The van der Waals surface area contributed by atoms with Crippen LogP contribution in [0.1, 0.15) is 45.6 Å². The maximum Gasteiger partial charge on any atom is 0.229 e. The fraction of sp³-hybridized carbons (Fsp3) is 0.391. The maximum absolute atomic E-state index is 12.1. The summed E-state index contributed by atoms with van der Waals surface area (Å²) in [7, 11) is 0. The lowest BCUT2D eigenvalue weighted by Crippen LogP contribution is -2.27. The van der Waals surface area contributed by atoms with E-state index in [2.05, 4.69) is 10.6 Å². The van der Waals surface area contributed by atoms with Gasteiger partial charge in [-0.05, 0) is 55.7 Å². The van der Waals surface area contributed by atoms with Crippen molar-refractivity contribution in [3.8, 4) is 5.75 Å². The van der Waals surface area contributed by atoms with Crippen molar-refractivity contribution in [1.82, 2.24) is 0 Å². The average Bonchev–Trinajstić information content (AvgIpc) is 2.61. The number of unbranched alkanes of at least 4 members (excludes halogenated alkanes) is 1. The van der Waals surface area contributed by atoms with Gasteiger partial charge in [-0.2, -0.15) is 0 Å². The lowest BCUT2D eigenvalue weighted by molar-refractivity contribution is -0.123. The number of amides is 2. The summed E-state index contributed by atoms with van der Waals surface area (Å²) in [6, 6.07) is 15.1. The maximum atomic E-state index is 12.1. The number of carbonyl (C=O) groups excluding carboxylic acids is 2. The van der Waals surface area contributed by atoms with Crippen LogP contribution in [0.15, 0.2) is 48.5 Å². The zero-order chi connectivity index (χ0) is 20.6. The lowest BCUT2D eigenvalue weighted by Gasteiger charge is -2.18. The predicted octanol–water partition coefficient (Wildman–Crippen LogP) is 5.17. The standard InChI is InChI=1S/C23H30N2O3/c1-17-9-7-12-20(15-17)28-14-6-5-13-21(26)24-18-10-8-11-19(16-18)25-22(27)23(2,3)4/h7-12,15-16H,5-6,13-14H2,1-4H3,(H,24,26)(H,25,27). The topological polar surface area (TPSA) is 67.4 Å². The minimum atomic E-state index is -0.472. The quantitative estimate of drug-likeness (QED) is 0.619. The number of hydrogen-bond acceptors (Lipinski definition) is 3. The molecule has 0 aromatic heterocycles. The van der Waals surface area contributed by atoms with E-state index >= 15 is 0 Å². The highest BCUT2D eigenvalue weighted by Crippen LogP contribution is 2.20. The fourth-order valence-corrected chi connectivity index (χ4v) is 2.50. The number of ether oxygens (including phenoxy) is 1. The third kappa shape index (κ3) is 7.43. The van der Waals surface area contributed by atoms with Gasteiger partial charge in [-0.3, -0.25) is 9.59 Å². The number of nitrogens with one attached hydrogen (secondary N) is 2. The summed E-state index contributed by atoms with van der Waals surface area (Å²) < 4.78 is 5.70. The van der Waals surface area contributed by atoms with Gasteiger partial charge in [0, 0.05) is 23.2 Å². The van der Waals surface area contributed by atoms with Crippen LogP contribution in [-0.4, -0.2) is 18.4 Å². The van der Waals surface area contributed by atoms with Crippen LogP contribution in [0.4, 0.5) is 11.4 Å². The van der Waals surface area contributed by atoms with Crippen LogP contribution in [0, 0.1) is 12.3 Å². The van der Waals surface area contributed by atoms with Crippen molar-refractivity contribution in [1.29, 1.82) is 0 Å². The van der Waals surface area contributed by atoms with Crippen molar-refractivity contribution >= 4 is 23.2 Å². The van der Waals surface area contributed by atoms with Gasteiger partial charge in [-0.25, -0.2) is 0 Å². The number of benzene rings is 2. The van der Waals surface area contributed by atoms with Crippen molar-refractivity contribution in [3.05, 3.63) is 54.1 Å². The summed E-state index contributed by atoms with van der Waals surface area (Å²) in [5.74, 6) is 0.748. The molecule has 5 nitrogen and oxygen atoms in total. The number of hydrogen-bond donors (Lipinski definition) is 2. The molecule has 0 aliphatic carbocycles. The number of rotatable bonds is 8. The van der Waals surface area contributed by atoms with Gasteiger partial charge >= 0.3 is 0 Å². The van der Waals surface area contributed by atoms with Gasteiger partial charge in [-0.15, -0.1) is 0 Å². The van der Waals surface area contributed by atoms with Crippen molar-refractivity contribution in [3.63, 3.8) is 0 Å². The zero-order valence-electron chi connectivity index (χ0n) is 17.2. The first-order valence-electron chi connectivity index (χ1n) is 9.65. The molecule has 150 valence electrons. The second-order valence-electron chi connectivity index (χ2n) is 7.96. The van der Waals surface area contributed by atoms with E-state index in [1.54, 1.807) is 6.07 Å². The molecule has 0 saturated heterocycles. The van der Waals surface area contributed by atoms with Crippen LogP contribution >= 0.6 is 0 Å². The van der Waals surface area contributed by atoms with E-state index in [-0.39, 0.29) is 11.8 Å². The molecule has 0 unspecified atom stereocenters. The third-order valence-electron chi connectivity index (χ3n) is 4.14. The molecule has 0 radical (unpaired) electrons. The molecule has 0 atom stereocenters. The van der Waals surface area contributed by atoms with Crippen LogP contribution < -0.4 is 15.4 Å². The van der Waals surface area contributed by atoms with E-state index in [0.717, 1.165) is 24.2 Å². The molecular weight excluding hydrogens is 352 g/mol. The summed E-state index contributed by atoms with van der Waals surface area (Å²) >= 11 is 0. The van der Waals surface area contributed by atoms with Crippen molar-refractivity contribution in [2.45, 2.75) is 47.0 Å². The minimum Gasteiger partial charge on any atom is -0.494 e. The Bertz CT molecular complexity index is 809. The molecule has 28 heavy (non-hydrogen) atoms. The molecule has 2 rings (SSSR count). The van der Waals surface area contributed by atoms with Gasteiger partial charge in [0.15, 0.2) is 0 Å². The average molecular weight is 383 g/mol. The molecule has 0 heterocycles. The van der Waals surface area contributed by atoms with Crippen molar-refractivity contribution < 1.29 is 14.3 Å². The fourth-order valence-electron chi connectivity index (χ4n) is 2.50. The van der Waals surface area contributed by atoms with Gasteiger partial charge in [0.2, 0.25) is 11.8 Å². The predicted molar refractivity (Wildman–Crippen MR) is 114 cm³/mol. The van der Waals surface area contributed by atoms with Gasteiger partial charge in [0.05, 0.1) is 6.61 Å². The van der Waals surface area contributed by atoms with E-state index in [9.17, 15) is 9.59 Å². The van der Waals surface area contributed by atoms with Gasteiger partial charge in [0.1, 0.15) is 5.75 Å². The van der Waals surface area contributed by atoms with E-state index < -0.39 is 5.41 Å². The first kappa shape index (κ1) is 21.5. The summed E-state index contributed by atoms with van der Waals surface area (Å²) in [4.78, 5) is 24.2. The number of carbonyl (C=O) groups is 2. The Kier molecular flexibility index (Phi) is 7.61. The Morgan fingerprint density at radius 2 is 1.61 bits per heavy atom. The molecule has 2 N–H and O–H groups in total. The molecule has 0 aliphatic heterocycles. The summed E-state index contributed by atoms with van der Waals surface area (Å²) in [6.45, 7) is 8.19. The molecule has 0 aliphatic rings. The molecule has 0 spiro atoms. The molecule has 5 heteroatoms. The van der Waals surface area contributed by atoms with Crippen LogP contribution in [-0.2, 0) is 9.59 Å². The third-order valence-corrected chi connectivity index (χ3v) is 4.14. The van der Waals surface area contributed by atoms with Crippen LogP contribution in [0.2, 0.25) is 0 Å². The molecule has 0 bridgehead atoms. The summed E-state index contributed by atoms with van der Waals surface area (Å²) in [6.07, 6.45) is 1.98. The van der Waals surface area contributed by atoms with E-state index in [0.29, 0.717) is 24.4 Å². The van der Waals surface area contributed by atoms with Crippen LogP contribution in [0.5, 0.6) is 5.75 Å². The van der Waals surface area contributed by atoms with Gasteiger partial charge in [-0.1, -0.05) is 39.0 Å². The SMILES string of the molecule is Cc1cccc(OCCCCC(=O)Nc2cccc(NC(=O)C(C)(C)C)c2)c1. The Morgan fingerprint density at radius 1 is 0.929 bits per heavy atom. The minimum absolute atomic E-state index is 0.0464. The zero-order valence-corrected chi connectivity index (χ0v) is 17.2. The highest BCUT2D eigenvalue weighted by molar-refractivity contribution is 5.96. The largest absolute Gasteiger partial charge is 0.494 e. The highest BCUT2D eigenvalue weighted by atomic mass is 16.5. The smallest absolute Gasteiger partial charge is 0.229 e. The van der Waals surface area contributed by atoms with Gasteiger partial charge < -0.3 is 15.4 Å².